The third-order valence-electron chi connectivity index (χ3n) is 3.54. The zero-order chi connectivity index (χ0) is 10.7. The SMILES string of the molecule is C[C@@H]1NC(=O)CC[C@H]1CN1CCNCC1. The fraction of sp³-hybridized carbons (Fsp3) is 0.909. The van der Waals surface area contributed by atoms with E-state index in [1.807, 2.05) is 0 Å². The molecule has 0 aromatic carbocycles. The molecule has 0 saturated carbocycles. The number of nitrogens with one attached hydrogen (secondary N) is 2. The fourth-order valence-corrected chi connectivity index (χ4v) is 2.49. The van der Waals surface area contributed by atoms with Crippen molar-refractivity contribution in [2.45, 2.75) is 25.8 Å². The summed E-state index contributed by atoms with van der Waals surface area (Å²) in [6.07, 6.45) is 1.76. The zero-order valence-electron chi connectivity index (χ0n) is 9.46. The van der Waals surface area contributed by atoms with E-state index in [1.54, 1.807) is 0 Å². The van der Waals surface area contributed by atoms with Crippen molar-refractivity contribution in [2.75, 3.05) is 32.7 Å². The molecule has 2 aliphatic heterocycles. The van der Waals surface area contributed by atoms with Crippen molar-refractivity contribution in [1.82, 2.24) is 15.5 Å². The van der Waals surface area contributed by atoms with Crippen LogP contribution >= 0.6 is 0 Å². The lowest BCUT2D eigenvalue weighted by Gasteiger charge is -2.35. The van der Waals surface area contributed by atoms with Gasteiger partial charge in [-0.25, -0.2) is 0 Å². The molecule has 2 saturated heterocycles. The van der Waals surface area contributed by atoms with Gasteiger partial charge in [-0.2, -0.15) is 0 Å². The minimum absolute atomic E-state index is 0.221. The minimum Gasteiger partial charge on any atom is -0.353 e. The van der Waals surface area contributed by atoms with Gasteiger partial charge in [0.15, 0.2) is 0 Å². The molecule has 0 aromatic rings. The number of hydrogen-bond acceptors (Lipinski definition) is 3. The van der Waals surface area contributed by atoms with Crippen LogP contribution in [0.5, 0.6) is 0 Å². The van der Waals surface area contributed by atoms with Crippen LogP contribution < -0.4 is 10.6 Å². The summed E-state index contributed by atoms with van der Waals surface area (Å²) in [5.74, 6) is 0.861. The molecule has 86 valence electrons. The lowest BCUT2D eigenvalue weighted by atomic mass is 9.91. The Hall–Kier alpha value is -0.610. The van der Waals surface area contributed by atoms with Gasteiger partial charge in [0.2, 0.25) is 5.91 Å². The van der Waals surface area contributed by atoms with Crippen LogP contribution in [0.2, 0.25) is 0 Å². The van der Waals surface area contributed by atoms with Crippen LogP contribution in [0, 0.1) is 5.92 Å². The topological polar surface area (TPSA) is 44.4 Å². The van der Waals surface area contributed by atoms with E-state index in [4.69, 9.17) is 0 Å². The molecular weight excluding hydrogens is 190 g/mol. The Balaban J connectivity index is 1.80. The largest absolute Gasteiger partial charge is 0.353 e. The van der Waals surface area contributed by atoms with Gasteiger partial charge in [0, 0.05) is 45.2 Å². The first-order valence-corrected chi connectivity index (χ1v) is 5.98. The molecule has 2 rings (SSSR count). The van der Waals surface area contributed by atoms with E-state index in [0.717, 1.165) is 39.1 Å². The normalized spacial score (nSPS) is 33.8. The maximum atomic E-state index is 11.2. The van der Waals surface area contributed by atoms with E-state index < -0.39 is 0 Å². The van der Waals surface area contributed by atoms with Crippen LogP contribution in [0.4, 0.5) is 0 Å². The molecule has 0 aliphatic carbocycles. The van der Waals surface area contributed by atoms with E-state index in [-0.39, 0.29) is 5.91 Å². The first-order valence-electron chi connectivity index (χ1n) is 5.98. The van der Waals surface area contributed by atoms with Crippen LogP contribution in [0.15, 0.2) is 0 Å². The molecule has 0 unspecified atom stereocenters. The first kappa shape index (κ1) is 10.9. The number of carbonyl (C=O) groups excluding carboxylic acids is 1. The molecule has 4 nitrogen and oxygen atoms in total. The van der Waals surface area contributed by atoms with Gasteiger partial charge < -0.3 is 15.5 Å². The monoisotopic (exact) mass is 211 g/mol. The predicted molar refractivity (Wildman–Crippen MR) is 59.6 cm³/mol. The molecule has 15 heavy (non-hydrogen) atoms. The average Bonchev–Trinajstić information content (AvgIpc) is 2.24. The smallest absolute Gasteiger partial charge is 0.220 e. The summed E-state index contributed by atoms with van der Waals surface area (Å²) in [6, 6.07) is 0.348. The summed E-state index contributed by atoms with van der Waals surface area (Å²) in [6.45, 7) is 7.78. The minimum atomic E-state index is 0.221. The van der Waals surface area contributed by atoms with Crippen molar-refractivity contribution in [2.24, 2.45) is 5.92 Å². The van der Waals surface area contributed by atoms with Crippen molar-refractivity contribution in [3.05, 3.63) is 0 Å². The lowest BCUT2D eigenvalue weighted by Crippen LogP contribution is -2.51. The van der Waals surface area contributed by atoms with Gasteiger partial charge in [0.25, 0.3) is 0 Å². The number of amides is 1. The Morgan fingerprint density at radius 1 is 1.40 bits per heavy atom. The molecule has 0 radical (unpaired) electrons. The highest BCUT2D eigenvalue weighted by molar-refractivity contribution is 5.77. The number of hydrogen-bond donors (Lipinski definition) is 2. The second-order valence-corrected chi connectivity index (χ2v) is 4.71. The average molecular weight is 211 g/mol. The van der Waals surface area contributed by atoms with Gasteiger partial charge in [0.05, 0.1) is 0 Å². The summed E-state index contributed by atoms with van der Waals surface area (Å²) in [5, 5.41) is 6.40. The van der Waals surface area contributed by atoms with Crippen LogP contribution in [-0.4, -0.2) is 49.6 Å². The number of rotatable bonds is 2. The second-order valence-electron chi connectivity index (χ2n) is 4.71. The second kappa shape index (κ2) is 4.94. The van der Waals surface area contributed by atoms with Gasteiger partial charge in [-0.3, -0.25) is 4.79 Å². The van der Waals surface area contributed by atoms with E-state index in [1.165, 1.54) is 0 Å². The third-order valence-corrected chi connectivity index (χ3v) is 3.54. The van der Waals surface area contributed by atoms with Crippen LogP contribution in [0.25, 0.3) is 0 Å². The van der Waals surface area contributed by atoms with Crippen molar-refractivity contribution >= 4 is 5.91 Å². The van der Waals surface area contributed by atoms with Gasteiger partial charge in [-0.1, -0.05) is 0 Å². The molecule has 2 fully saturated rings. The van der Waals surface area contributed by atoms with E-state index in [2.05, 4.69) is 22.5 Å². The lowest BCUT2D eigenvalue weighted by molar-refractivity contribution is -0.124. The zero-order valence-corrected chi connectivity index (χ0v) is 9.46. The van der Waals surface area contributed by atoms with Gasteiger partial charge >= 0.3 is 0 Å². The van der Waals surface area contributed by atoms with Crippen molar-refractivity contribution in [1.29, 1.82) is 0 Å². The molecule has 0 spiro atoms. The molecule has 2 heterocycles. The maximum Gasteiger partial charge on any atom is 0.220 e. The highest BCUT2D eigenvalue weighted by Gasteiger charge is 2.27. The first-order chi connectivity index (χ1) is 7.25. The molecule has 2 N–H and O–H groups in total. The third kappa shape index (κ3) is 2.92. The predicted octanol–water partition coefficient (Wildman–Crippen LogP) is -0.194. The number of carbonyl (C=O) groups is 1. The summed E-state index contributed by atoms with van der Waals surface area (Å²) < 4.78 is 0. The molecule has 2 atom stereocenters. The van der Waals surface area contributed by atoms with Gasteiger partial charge in [-0.05, 0) is 19.3 Å². The van der Waals surface area contributed by atoms with Crippen molar-refractivity contribution in [3.63, 3.8) is 0 Å². The van der Waals surface area contributed by atoms with Crippen LogP contribution in [-0.2, 0) is 4.79 Å². The highest BCUT2D eigenvalue weighted by Crippen LogP contribution is 2.18. The number of piperazine rings is 1. The van der Waals surface area contributed by atoms with Gasteiger partial charge in [0.1, 0.15) is 0 Å². The molecule has 2 aliphatic rings. The van der Waals surface area contributed by atoms with Crippen molar-refractivity contribution < 1.29 is 4.79 Å². The number of nitrogens with zero attached hydrogens (tertiary/aromatic N) is 1. The maximum absolute atomic E-state index is 11.2. The van der Waals surface area contributed by atoms with Gasteiger partial charge in [-0.15, -0.1) is 0 Å². The molecule has 1 amide bonds. The molecule has 4 heteroatoms. The molecule has 0 aromatic heterocycles. The molecule has 0 bridgehead atoms. The van der Waals surface area contributed by atoms with E-state index in [9.17, 15) is 4.79 Å². The van der Waals surface area contributed by atoms with Crippen molar-refractivity contribution in [3.8, 4) is 0 Å². The summed E-state index contributed by atoms with van der Waals surface area (Å²) in [4.78, 5) is 13.7. The quantitative estimate of drug-likeness (QED) is 0.665. The van der Waals surface area contributed by atoms with Crippen LogP contribution in [0.1, 0.15) is 19.8 Å². The number of piperidine rings is 1. The molecular formula is C11H21N3O. The standard InChI is InChI=1S/C11H21N3O/c1-9-10(2-3-11(15)13-9)8-14-6-4-12-5-7-14/h9-10,12H,2-8H2,1H3,(H,13,15)/t9-,10-/m0/s1. The summed E-state index contributed by atoms with van der Waals surface area (Å²) >= 11 is 0. The summed E-state index contributed by atoms with van der Waals surface area (Å²) in [5.41, 5.74) is 0. The summed E-state index contributed by atoms with van der Waals surface area (Å²) in [7, 11) is 0. The Labute approximate surface area is 91.4 Å². The Kier molecular flexibility index (Phi) is 3.59. The Morgan fingerprint density at radius 2 is 2.13 bits per heavy atom. The highest BCUT2D eigenvalue weighted by atomic mass is 16.1. The Morgan fingerprint density at radius 3 is 2.80 bits per heavy atom. The van der Waals surface area contributed by atoms with E-state index >= 15 is 0 Å². The Bertz CT molecular complexity index is 226. The van der Waals surface area contributed by atoms with E-state index in [0.29, 0.717) is 18.4 Å². The fourth-order valence-electron chi connectivity index (χ4n) is 2.49. The van der Waals surface area contributed by atoms with Crippen LogP contribution in [0.3, 0.4) is 0 Å².